The minimum Gasteiger partial charge on any atom is -0.357 e. The molecule has 0 aliphatic rings. The standard InChI is InChI=1S/C24H29N7.HI/c1-3-25-24(27-16-18-30-19(2)29-22-7-4-5-8-23(22)30)26-15-13-20-9-11-21(12-10-20)31-17-6-14-28-31;/h4-12,14,17H,3,13,15-16,18H2,1-2H3,(H2,25,26,27);1H. The number of aromatic nitrogens is 4. The van der Waals surface area contributed by atoms with Gasteiger partial charge in [0.05, 0.1) is 16.7 Å². The quantitative estimate of drug-likeness (QED) is 0.201. The van der Waals surface area contributed by atoms with Crippen LogP contribution in [0.5, 0.6) is 0 Å². The van der Waals surface area contributed by atoms with E-state index in [1.165, 1.54) is 11.1 Å². The number of halogens is 1. The summed E-state index contributed by atoms with van der Waals surface area (Å²) in [7, 11) is 0. The van der Waals surface area contributed by atoms with E-state index >= 15 is 0 Å². The Bertz CT molecular complexity index is 1130. The zero-order valence-corrected chi connectivity index (χ0v) is 20.9. The van der Waals surface area contributed by atoms with Crippen molar-refractivity contribution in [1.29, 1.82) is 0 Å². The first-order chi connectivity index (χ1) is 15.2. The summed E-state index contributed by atoms with van der Waals surface area (Å²) in [6.45, 7) is 7.31. The molecule has 0 amide bonds. The zero-order valence-electron chi connectivity index (χ0n) is 18.5. The van der Waals surface area contributed by atoms with Crippen molar-refractivity contribution in [3.8, 4) is 5.69 Å². The summed E-state index contributed by atoms with van der Waals surface area (Å²) in [5.41, 5.74) is 4.53. The topological polar surface area (TPSA) is 72.1 Å². The summed E-state index contributed by atoms with van der Waals surface area (Å²) in [5.74, 6) is 1.88. The highest BCUT2D eigenvalue weighted by Crippen LogP contribution is 2.14. The van der Waals surface area contributed by atoms with E-state index in [1.54, 1.807) is 6.20 Å². The molecule has 0 unspecified atom stereocenters. The molecule has 7 nitrogen and oxygen atoms in total. The fraction of sp³-hybridized carbons (Fsp3) is 0.292. The number of guanidine groups is 1. The molecule has 0 fully saturated rings. The molecular weight excluding hydrogens is 513 g/mol. The number of para-hydroxylation sites is 2. The second kappa shape index (κ2) is 11.7. The molecule has 0 aliphatic carbocycles. The van der Waals surface area contributed by atoms with Crippen molar-refractivity contribution >= 4 is 41.0 Å². The molecule has 0 bridgehead atoms. The predicted octanol–water partition coefficient (Wildman–Crippen LogP) is 3.95. The van der Waals surface area contributed by atoms with E-state index in [-0.39, 0.29) is 24.0 Å². The smallest absolute Gasteiger partial charge is 0.191 e. The number of hydrogen-bond donors (Lipinski definition) is 2. The van der Waals surface area contributed by atoms with Crippen molar-refractivity contribution in [3.63, 3.8) is 0 Å². The van der Waals surface area contributed by atoms with E-state index < -0.39 is 0 Å². The normalized spacial score (nSPS) is 11.4. The molecule has 2 heterocycles. The monoisotopic (exact) mass is 543 g/mol. The number of nitrogens with one attached hydrogen (secondary N) is 2. The molecule has 0 saturated heterocycles. The summed E-state index contributed by atoms with van der Waals surface area (Å²) in [6, 6.07) is 18.6. The van der Waals surface area contributed by atoms with Crippen molar-refractivity contribution in [1.82, 2.24) is 30.0 Å². The van der Waals surface area contributed by atoms with E-state index in [0.717, 1.165) is 55.6 Å². The Morgan fingerprint density at radius 2 is 1.84 bits per heavy atom. The van der Waals surface area contributed by atoms with Crippen LogP contribution in [0.1, 0.15) is 18.3 Å². The number of aryl methyl sites for hydroxylation is 1. The SMILES string of the molecule is CCNC(=NCCc1ccc(-n2cccn2)cc1)NCCn1c(C)nc2ccccc21.I. The lowest BCUT2D eigenvalue weighted by Gasteiger charge is -2.13. The first kappa shape index (κ1) is 23.8. The van der Waals surface area contributed by atoms with Gasteiger partial charge in [0.25, 0.3) is 0 Å². The summed E-state index contributed by atoms with van der Waals surface area (Å²) in [4.78, 5) is 9.37. The third kappa shape index (κ3) is 5.87. The van der Waals surface area contributed by atoms with Gasteiger partial charge in [-0.1, -0.05) is 24.3 Å². The third-order valence-corrected chi connectivity index (χ3v) is 5.19. The molecule has 0 spiro atoms. The van der Waals surface area contributed by atoms with Crippen LogP contribution in [0.15, 0.2) is 72.0 Å². The Hall–Kier alpha value is -2.88. The van der Waals surface area contributed by atoms with Gasteiger partial charge in [0.15, 0.2) is 5.96 Å². The van der Waals surface area contributed by atoms with Crippen LogP contribution >= 0.6 is 24.0 Å². The van der Waals surface area contributed by atoms with Gasteiger partial charge < -0.3 is 15.2 Å². The van der Waals surface area contributed by atoms with Gasteiger partial charge in [0.2, 0.25) is 0 Å². The number of hydrogen-bond acceptors (Lipinski definition) is 3. The van der Waals surface area contributed by atoms with E-state index in [1.807, 2.05) is 23.0 Å². The first-order valence-corrected chi connectivity index (χ1v) is 10.8. The summed E-state index contributed by atoms with van der Waals surface area (Å²) in [5, 5.41) is 11.0. The van der Waals surface area contributed by atoms with Crippen LogP contribution in [0.3, 0.4) is 0 Å². The van der Waals surface area contributed by atoms with Gasteiger partial charge in [-0.25, -0.2) is 9.67 Å². The Balaban J connectivity index is 0.00000289. The van der Waals surface area contributed by atoms with Gasteiger partial charge in [0, 0.05) is 38.6 Å². The van der Waals surface area contributed by atoms with Crippen molar-refractivity contribution in [2.75, 3.05) is 19.6 Å². The van der Waals surface area contributed by atoms with Crippen molar-refractivity contribution in [3.05, 3.63) is 78.4 Å². The molecule has 0 atom stereocenters. The van der Waals surface area contributed by atoms with Crippen molar-refractivity contribution < 1.29 is 0 Å². The zero-order chi connectivity index (χ0) is 21.5. The molecule has 2 aromatic heterocycles. The van der Waals surface area contributed by atoms with E-state index in [9.17, 15) is 0 Å². The molecule has 0 radical (unpaired) electrons. The van der Waals surface area contributed by atoms with Crippen molar-refractivity contribution in [2.45, 2.75) is 26.8 Å². The molecule has 0 saturated carbocycles. The molecule has 4 rings (SSSR count). The molecule has 2 N–H and O–H groups in total. The highest BCUT2D eigenvalue weighted by atomic mass is 127. The van der Waals surface area contributed by atoms with Crippen LogP contribution in [0.2, 0.25) is 0 Å². The van der Waals surface area contributed by atoms with Crippen molar-refractivity contribution in [2.24, 2.45) is 4.99 Å². The van der Waals surface area contributed by atoms with Crippen LogP contribution in [0, 0.1) is 6.92 Å². The number of aliphatic imine (C=N–C) groups is 1. The third-order valence-electron chi connectivity index (χ3n) is 5.19. The second-order valence-corrected chi connectivity index (χ2v) is 7.35. The second-order valence-electron chi connectivity index (χ2n) is 7.35. The lowest BCUT2D eigenvalue weighted by molar-refractivity contribution is 0.660. The lowest BCUT2D eigenvalue weighted by atomic mass is 10.1. The Morgan fingerprint density at radius 1 is 1.03 bits per heavy atom. The average Bonchev–Trinajstić information content (AvgIpc) is 3.43. The highest BCUT2D eigenvalue weighted by Gasteiger charge is 2.06. The number of rotatable bonds is 8. The molecule has 4 aromatic rings. The Morgan fingerprint density at radius 3 is 2.59 bits per heavy atom. The van der Waals surface area contributed by atoms with E-state index in [2.05, 4.69) is 81.6 Å². The molecular formula is C24H30IN7. The van der Waals surface area contributed by atoms with Gasteiger partial charge in [-0.2, -0.15) is 5.10 Å². The van der Waals surface area contributed by atoms with E-state index in [0.29, 0.717) is 0 Å². The minimum absolute atomic E-state index is 0. The Kier molecular flexibility index (Phi) is 8.66. The summed E-state index contributed by atoms with van der Waals surface area (Å²) in [6.07, 6.45) is 4.62. The molecule has 32 heavy (non-hydrogen) atoms. The molecule has 0 aliphatic heterocycles. The maximum Gasteiger partial charge on any atom is 0.191 e. The first-order valence-electron chi connectivity index (χ1n) is 10.8. The fourth-order valence-electron chi connectivity index (χ4n) is 3.64. The molecule has 8 heteroatoms. The minimum atomic E-state index is 0. The summed E-state index contributed by atoms with van der Waals surface area (Å²) < 4.78 is 4.10. The average molecular weight is 543 g/mol. The predicted molar refractivity (Wildman–Crippen MR) is 141 cm³/mol. The van der Waals surface area contributed by atoms with Crippen LogP contribution in [0.25, 0.3) is 16.7 Å². The van der Waals surface area contributed by atoms with Gasteiger partial charge >= 0.3 is 0 Å². The highest BCUT2D eigenvalue weighted by molar-refractivity contribution is 14.0. The molecule has 2 aromatic carbocycles. The van der Waals surface area contributed by atoms with Crippen LogP contribution < -0.4 is 10.6 Å². The fourth-order valence-corrected chi connectivity index (χ4v) is 3.64. The van der Waals surface area contributed by atoms with Gasteiger partial charge in [-0.15, -0.1) is 24.0 Å². The van der Waals surface area contributed by atoms with E-state index in [4.69, 9.17) is 4.99 Å². The largest absolute Gasteiger partial charge is 0.357 e. The van der Waals surface area contributed by atoms with Gasteiger partial charge in [-0.3, -0.25) is 4.99 Å². The van der Waals surface area contributed by atoms with Crippen LogP contribution in [-0.2, 0) is 13.0 Å². The molecule has 168 valence electrons. The number of benzene rings is 2. The number of nitrogens with zero attached hydrogens (tertiary/aromatic N) is 5. The number of fused-ring (bicyclic) bond motifs is 1. The van der Waals surface area contributed by atoms with Crippen LogP contribution in [0.4, 0.5) is 0 Å². The number of imidazole rings is 1. The van der Waals surface area contributed by atoms with Gasteiger partial charge in [-0.05, 0) is 56.2 Å². The van der Waals surface area contributed by atoms with Crippen LogP contribution in [-0.4, -0.2) is 44.9 Å². The lowest BCUT2D eigenvalue weighted by Crippen LogP contribution is -2.39. The maximum atomic E-state index is 4.74. The summed E-state index contributed by atoms with van der Waals surface area (Å²) >= 11 is 0. The Labute approximate surface area is 206 Å². The van der Waals surface area contributed by atoms with Gasteiger partial charge in [0.1, 0.15) is 5.82 Å². The maximum absolute atomic E-state index is 4.74.